The molecule has 0 atom stereocenters. The minimum atomic E-state index is 0.278. The van der Waals surface area contributed by atoms with Gasteiger partial charge < -0.3 is 10.1 Å². The predicted molar refractivity (Wildman–Crippen MR) is 87.9 cm³/mol. The maximum absolute atomic E-state index is 11.8. The molecule has 4 heteroatoms. The Bertz CT molecular complexity index is 469. The van der Waals surface area contributed by atoms with E-state index in [1.165, 1.54) is 5.57 Å². The van der Waals surface area contributed by atoms with Gasteiger partial charge in [0.15, 0.2) is 5.78 Å². The van der Waals surface area contributed by atoms with Crippen LogP contribution < -0.4 is 5.32 Å². The average molecular weight is 304 g/mol. The first-order valence-electron chi connectivity index (χ1n) is 8.60. The molecule has 0 aromatic heterocycles. The number of likely N-dealkylation sites (tertiary alicyclic amines) is 1. The summed E-state index contributed by atoms with van der Waals surface area (Å²) in [6.07, 6.45) is 10.2. The number of ether oxygens (including phenoxy) is 1. The third kappa shape index (κ3) is 3.67. The molecule has 0 bridgehead atoms. The maximum atomic E-state index is 11.8. The number of carbonyl (C=O) groups is 1. The highest BCUT2D eigenvalue weighted by molar-refractivity contribution is 5.98. The fourth-order valence-electron chi connectivity index (χ4n) is 3.57. The van der Waals surface area contributed by atoms with Crippen molar-refractivity contribution in [3.05, 3.63) is 23.3 Å². The van der Waals surface area contributed by atoms with E-state index in [1.54, 1.807) is 0 Å². The molecule has 22 heavy (non-hydrogen) atoms. The van der Waals surface area contributed by atoms with E-state index in [1.807, 2.05) is 20.0 Å². The Labute approximate surface area is 133 Å². The molecule has 1 saturated carbocycles. The van der Waals surface area contributed by atoms with Crippen LogP contribution in [-0.4, -0.2) is 55.6 Å². The van der Waals surface area contributed by atoms with Crippen molar-refractivity contribution in [2.45, 2.75) is 57.3 Å². The Hall–Kier alpha value is -0.970. The van der Waals surface area contributed by atoms with Crippen LogP contribution in [0.25, 0.3) is 0 Å². The number of carbonyl (C=O) groups excluding carboxylic acids is 1. The average Bonchev–Trinajstić information content (AvgIpc) is 2.49. The van der Waals surface area contributed by atoms with Crippen LogP contribution in [0.1, 0.15) is 39.0 Å². The van der Waals surface area contributed by atoms with Crippen LogP contribution in [0.3, 0.4) is 0 Å². The van der Waals surface area contributed by atoms with Crippen LogP contribution in [0.5, 0.6) is 0 Å². The molecule has 0 amide bonds. The Morgan fingerprint density at radius 1 is 1.27 bits per heavy atom. The van der Waals surface area contributed by atoms with Crippen molar-refractivity contribution in [3.8, 4) is 0 Å². The lowest BCUT2D eigenvalue weighted by molar-refractivity contribution is -0.114. The van der Waals surface area contributed by atoms with Gasteiger partial charge >= 0.3 is 0 Å². The first-order chi connectivity index (χ1) is 10.7. The van der Waals surface area contributed by atoms with Gasteiger partial charge in [-0.25, -0.2) is 0 Å². The molecule has 1 aliphatic heterocycles. The molecule has 3 aliphatic rings. The first-order valence-corrected chi connectivity index (χ1v) is 8.60. The summed E-state index contributed by atoms with van der Waals surface area (Å²) in [4.78, 5) is 14.2. The molecule has 0 aromatic rings. The van der Waals surface area contributed by atoms with Crippen LogP contribution in [0, 0.1) is 0 Å². The van der Waals surface area contributed by atoms with Gasteiger partial charge in [-0.3, -0.25) is 9.69 Å². The number of nitrogens with one attached hydrogen (secondary N) is 1. The Morgan fingerprint density at radius 3 is 2.68 bits per heavy atom. The van der Waals surface area contributed by atoms with Crippen LogP contribution in [0.2, 0.25) is 0 Å². The molecule has 0 spiro atoms. The molecule has 0 unspecified atom stereocenters. The summed E-state index contributed by atoms with van der Waals surface area (Å²) >= 11 is 0. The molecule has 0 aromatic carbocycles. The highest BCUT2D eigenvalue weighted by atomic mass is 16.5. The number of allylic oxidation sites excluding steroid dienone is 2. The van der Waals surface area contributed by atoms with E-state index >= 15 is 0 Å². The fourth-order valence-corrected chi connectivity index (χ4v) is 3.57. The molecular formula is C18H28N2O2. The maximum Gasteiger partial charge on any atom is 0.162 e. The largest absolute Gasteiger partial charge is 0.375 e. The van der Waals surface area contributed by atoms with Crippen LogP contribution >= 0.6 is 0 Å². The molecule has 1 N–H and O–H groups in total. The van der Waals surface area contributed by atoms with Crippen molar-refractivity contribution in [2.24, 2.45) is 0 Å². The Balaban J connectivity index is 1.41. The summed E-state index contributed by atoms with van der Waals surface area (Å²) in [5.74, 6) is 0.278. The van der Waals surface area contributed by atoms with Gasteiger partial charge in [0.25, 0.3) is 0 Å². The predicted octanol–water partition coefficient (Wildman–Crippen LogP) is 2.06. The van der Waals surface area contributed by atoms with Gasteiger partial charge in [0.05, 0.1) is 12.2 Å². The Kier molecular flexibility index (Phi) is 5.11. The second kappa shape index (κ2) is 7.07. The molecule has 1 heterocycles. The van der Waals surface area contributed by atoms with E-state index in [0.29, 0.717) is 24.7 Å². The molecule has 3 rings (SSSR count). The lowest BCUT2D eigenvalue weighted by Crippen LogP contribution is -2.47. The van der Waals surface area contributed by atoms with Gasteiger partial charge in [0.1, 0.15) is 0 Å². The van der Waals surface area contributed by atoms with E-state index in [0.717, 1.165) is 50.9 Å². The molecule has 0 radical (unpaired) electrons. The number of piperidine rings is 1. The van der Waals surface area contributed by atoms with Crippen molar-refractivity contribution < 1.29 is 9.53 Å². The summed E-state index contributed by atoms with van der Waals surface area (Å²) in [6, 6.07) is 0.663. The summed E-state index contributed by atoms with van der Waals surface area (Å²) in [5, 5.41) is 3.30. The molecule has 1 saturated heterocycles. The molecular weight excluding hydrogens is 276 g/mol. The third-order valence-corrected chi connectivity index (χ3v) is 5.34. The number of Topliss-reactive ketones (excluding diaryl/α,β-unsaturated/α-hetero) is 1. The van der Waals surface area contributed by atoms with Crippen molar-refractivity contribution in [3.63, 3.8) is 0 Å². The third-order valence-electron chi connectivity index (χ3n) is 5.34. The summed E-state index contributed by atoms with van der Waals surface area (Å²) in [5.41, 5.74) is 2.15. The molecule has 2 fully saturated rings. The van der Waals surface area contributed by atoms with Gasteiger partial charge in [-0.05, 0) is 50.8 Å². The highest BCUT2D eigenvalue weighted by Crippen LogP contribution is 2.27. The van der Waals surface area contributed by atoms with Crippen molar-refractivity contribution in [2.75, 3.05) is 26.7 Å². The van der Waals surface area contributed by atoms with Crippen LogP contribution in [0.4, 0.5) is 0 Å². The van der Waals surface area contributed by atoms with Crippen LogP contribution in [-0.2, 0) is 9.53 Å². The minimum Gasteiger partial charge on any atom is -0.375 e. The number of hydrogen-bond donors (Lipinski definition) is 1. The topological polar surface area (TPSA) is 41.6 Å². The van der Waals surface area contributed by atoms with Gasteiger partial charge in [0.2, 0.25) is 0 Å². The Morgan fingerprint density at radius 2 is 2.00 bits per heavy atom. The van der Waals surface area contributed by atoms with Crippen LogP contribution in [0.15, 0.2) is 23.3 Å². The summed E-state index contributed by atoms with van der Waals surface area (Å²) < 4.78 is 6.19. The smallest absolute Gasteiger partial charge is 0.162 e. The fraction of sp³-hybridized carbons (Fsp3) is 0.722. The second-order valence-corrected chi connectivity index (χ2v) is 6.87. The van der Waals surface area contributed by atoms with Gasteiger partial charge in [-0.2, -0.15) is 0 Å². The van der Waals surface area contributed by atoms with E-state index < -0.39 is 0 Å². The van der Waals surface area contributed by atoms with Crippen molar-refractivity contribution >= 4 is 5.78 Å². The number of nitrogens with zero attached hydrogens (tertiary/aromatic N) is 1. The van der Waals surface area contributed by atoms with E-state index in [-0.39, 0.29) is 5.78 Å². The van der Waals surface area contributed by atoms with Crippen molar-refractivity contribution in [1.82, 2.24) is 10.2 Å². The molecule has 122 valence electrons. The van der Waals surface area contributed by atoms with Gasteiger partial charge in [0, 0.05) is 32.1 Å². The summed E-state index contributed by atoms with van der Waals surface area (Å²) in [7, 11) is 2.03. The lowest BCUT2D eigenvalue weighted by Gasteiger charge is -2.40. The zero-order chi connectivity index (χ0) is 15.5. The van der Waals surface area contributed by atoms with Gasteiger partial charge in [-0.1, -0.05) is 12.2 Å². The minimum absolute atomic E-state index is 0.278. The monoisotopic (exact) mass is 304 g/mol. The van der Waals surface area contributed by atoms with Gasteiger partial charge in [-0.15, -0.1) is 0 Å². The van der Waals surface area contributed by atoms with E-state index in [9.17, 15) is 4.79 Å². The number of hydrogen-bond acceptors (Lipinski definition) is 4. The zero-order valence-electron chi connectivity index (χ0n) is 13.8. The van der Waals surface area contributed by atoms with E-state index in [2.05, 4.69) is 16.3 Å². The van der Waals surface area contributed by atoms with E-state index in [4.69, 9.17) is 4.74 Å². The van der Waals surface area contributed by atoms with Crippen molar-refractivity contribution in [1.29, 1.82) is 0 Å². The second-order valence-electron chi connectivity index (χ2n) is 6.87. The summed E-state index contributed by atoms with van der Waals surface area (Å²) in [6.45, 7) is 5.02. The standard InChI is InChI=1S/C18H28N2O2/c1-13-14(4-3-5-18(13)21)12-20-8-6-16(7-9-20)22-17-10-15(11-17)19-2/h3-4,15-17,19H,5-12H2,1-2H3. The lowest BCUT2D eigenvalue weighted by atomic mass is 9.89. The molecule has 2 aliphatic carbocycles. The highest BCUT2D eigenvalue weighted by Gasteiger charge is 2.32. The zero-order valence-corrected chi connectivity index (χ0v) is 13.8. The SMILES string of the molecule is CNC1CC(OC2CCN(CC3=C(C)C(=O)CC=C3)CC2)C1. The quantitative estimate of drug-likeness (QED) is 0.844. The number of rotatable bonds is 5. The molecule has 4 nitrogen and oxygen atoms in total. The first kappa shape index (κ1) is 15.9. The normalized spacial score (nSPS) is 30.7. The number of ketones is 1.